The molecule has 0 fully saturated rings. The van der Waals surface area contributed by atoms with E-state index in [2.05, 4.69) is 15.6 Å². The molecule has 0 saturated heterocycles. The van der Waals surface area contributed by atoms with E-state index in [9.17, 15) is 9.59 Å². The Hall–Kier alpha value is -2.58. The average molecular weight is 416 g/mol. The number of para-hydroxylation sites is 2. The number of amides is 2. The topological polar surface area (TPSA) is 80.3 Å². The molecule has 0 unspecified atom stereocenters. The third-order valence-electron chi connectivity index (χ3n) is 4.11. The van der Waals surface area contributed by atoms with Gasteiger partial charge in [-0.05, 0) is 42.7 Å². The van der Waals surface area contributed by atoms with Gasteiger partial charge in [0.05, 0.1) is 22.9 Å². The predicted molar refractivity (Wildman–Crippen MR) is 115 cm³/mol. The largest absolute Gasteiger partial charge is 0.496 e. The van der Waals surface area contributed by atoms with Crippen LogP contribution in [0.25, 0.3) is 10.2 Å². The summed E-state index contributed by atoms with van der Waals surface area (Å²) in [5, 5.41) is 6.19. The summed E-state index contributed by atoms with van der Waals surface area (Å²) in [5.74, 6) is 0.582. The van der Waals surface area contributed by atoms with Crippen molar-refractivity contribution in [2.24, 2.45) is 0 Å². The zero-order valence-electron chi connectivity index (χ0n) is 15.6. The van der Waals surface area contributed by atoms with E-state index >= 15 is 0 Å². The first-order chi connectivity index (χ1) is 13.6. The Bertz CT molecular complexity index is 941. The molecule has 0 aliphatic rings. The quantitative estimate of drug-likeness (QED) is 0.585. The Morgan fingerprint density at radius 3 is 2.68 bits per heavy atom. The van der Waals surface area contributed by atoms with Gasteiger partial charge < -0.3 is 15.4 Å². The minimum atomic E-state index is -0.670. The molecule has 8 heteroatoms. The van der Waals surface area contributed by atoms with E-state index in [0.29, 0.717) is 22.9 Å². The minimum absolute atomic E-state index is 0.281. The number of nitrogens with zero attached hydrogens (tertiary/aromatic N) is 1. The number of carbonyl (C=O) groups is 2. The minimum Gasteiger partial charge on any atom is -0.496 e. The maximum atomic E-state index is 12.8. The molecule has 0 saturated carbocycles. The zero-order valence-corrected chi connectivity index (χ0v) is 17.2. The third-order valence-corrected chi connectivity index (χ3v) is 5.70. The Kier molecular flexibility index (Phi) is 6.89. The number of thiazole rings is 1. The summed E-state index contributed by atoms with van der Waals surface area (Å²) < 4.78 is 6.24. The molecule has 28 heavy (non-hydrogen) atoms. The molecule has 0 bridgehead atoms. The molecule has 0 aliphatic carbocycles. The number of methoxy groups -OCH3 is 1. The molecular weight excluding hydrogens is 394 g/mol. The molecule has 1 atom stereocenters. The van der Waals surface area contributed by atoms with Crippen LogP contribution in [0.3, 0.4) is 0 Å². The number of ether oxygens (including phenoxy) is 1. The molecule has 2 amide bonds. The molecule has 0 spiro atoms. The Morgan fingerprint density at radius 1 is 1.18 bits per heavy atom. The van der Waals surface area contributed by atoms with Crippen molar-refractivity contribution in [2.45, 2.75) is 12.5 Å². The number of carbonyl (C=O) groups excluding carboxylic acids is 2. The number of benzene rings is 2. The van der Waals surface area contributed by atoms with Gasteiger partial charge in [0.2, 0.25) is 5.91 Å². The lowest BCUT2D eigenvalue weighted by Gasteiger charge is -2.18. The Balaban J connectivity index is 1.74. The van der Waals surface area contributed by atoms with Gasteiger partial charge in [0.25, 0.3) is 5.91 Å². The van der Waals surface area contributed by atoms with Gasteiger partial charge in [-0.3, -0.25) is 9.59 Å². The number of fused-ring (bicyclic) bond motifs is 1. The van der Waals surface area contributed by atoms with E-state index < -0.39 is 6.04 Å². The van der Waals surface area contributed by atoms with Crippen LogP contribution in [0.4, 0.5) is 5.13 Å². The van der Waals surface area contributed by atoms with Crippen LogP contribution in [0, 0.1) is 0 Å². The molecule has 1 aromatic heterocycles. The van der Waals surface area contributed by atoms with E-state index in [4.69, 9.17) is 4.74 Å². The summed E-state index contributed by atoms with van der Waals surface area (Å²) in [4.78, 5) is 30.0. The summed E-state index contributed by atoms with van der Waals surface area (Å²) in [5.41, 5.74) is 1.23. The van der Waals surface area contributed by atoms with Crippen molar-refractivity contribution in [3.8, 4) is 5.75 Å². The second-order valence-electron chi connectivity index (χ2n) is 5.98. The van der Waals surface area contributed by atoms with Gasteiger partial charge in [-0.1, -0.05) is 35.6 Å². The van der Waals surface area contributed by atoms with E-state index in [1.54, 1.807) is 36.0 Å². The van der Waals surface area contributed by atoms with Gasteiger partial charge in [-0.2, -0.15) is 11.8 Å². The number of rotatable bonds is 8. The van der Waals surface area contributed by atoms with Gasteiger partial charge in [0.1, 0.15) is 11.8 Å². The summed E-state index contributed by atoms with van der Waals surface area (Å²) in [6.45, 7) is 0. The van der Waals surface area contributed by atoms with Gasteiger partial charge in [-0.15, -0.1) is 0 Å². The smallest absolute Gasteiger partial charge is 0.255 e. The van der Waals surface area contributed by atoms with E-state index in [1.165, 1.54) is 18.4 Å². The van der Waals surface area contributed by atoms with Crippen molar-refractivity contribution in [1.29, 1.82) is 0 Å². The van der Waals surface area contributed by atoms with E-state index in [-0.39, 0.29) is 11.8 Å². The number of hydrogen-bond donors (Lipinski definition) is 2. The maximum Gasteiger partial charge on any atom is 0.255 e. The fraction of sp³-hybridized carbons (Fsp3) is 0.250. The van der Waals surface area contributed by atoms with Gasteiger partial charge >= 0.3 is 0 Å². The fourth-order valence-electron chi connectivity index (χ4n) is 2.69. The summed E-state index contributed by atoms with van der Waals surface area (Å²) in [6.07, 6.45) is 2.48. The van der Waals surface area contributed by atoms with Crippen molar-refractivity contribution in [1.82, 2.24) is 10.3 Å². The predicted octanol–water partition coefficient (Wildman–Crippen LogP) is 3.80. The van der Waals surface area contributed by atoms with Crippen LogP contribution in [-0.2, 0) is 4.79 Å². The molecule has 0 radical (unpaired) electrons. The van der Waals surface area contributed by atoms with Crippen LogP contribution in [0.2, 0.25) is 0 Å². The molecule has 0 aliphatic heterocycles. The lowest BCUT2D eigenvalue weighted by atomic mass is 10.1. The van der Waals surface area contributed by atoms with E-state index in [1.807, 2.05) is 30.5 Å². The highest BCUT2D eigenvalue weighted by Gasteiger charge is 2.23. The van der Waals surface area contributed by atoms with Gasteiger partial charge in [0.15, 0.2) is 5.13 Å². The van der Waals surface area contributed by atoms with Crippen LogP contribution in [0.5, 0.6) is 5.75 Å². The summed E-state index contributed by atoms with van der Waals surface area (Å²) in [7, 11) is 1.51. The molecule has 2 aromatic carbocycles. The number of aromatic nitrogens is 1. The second-order valence-corrected chi connectivity index (χ2v) is 8.00. The molecular formula is C20H21N3O3S2. The first kappa shape index (κ1) is 20.2. The van der Waals surface area contributed by atoms with Crippen molar-refractivity contribution in [3.63, 3.8) is 0 Å². The highest BCUT2D eigenvalue weighted by atomic mass is 32.2. The standard InChI is InChI=1S/C20H21N3O3S2/c1-26-16-9-5-3-7-13(16)18(24)21-15(11-12-27-2)19(25)23-20-22-14-8-4-6-10-17(14)28-20/h3-10,15H,11-12H2,1-2H3,(H,21,24)(H,22,23,25)/t15-/m1/s1. The normalized spacial score (nSPS) is 11.8. The Morgan fingerprint density at radius 2 is 1.93 bits per heavy atom. The van der Waals surface area contributed by atoms with Crippen LogP contribution < -0.4 is 15.4 Å². The van der Waals surface area contributed by atoms with E-state index in [0.717, 1.165) is 16.0 Å². The van der Waals surface area contributed by atoms with Crippen LogP contribution in [0.1, 0.15) is 16.8 Å². The van der Waals surface area contributed by atoms with Crippen molar-refractivity contribution in [3.05, 3.63) is 54.1 Å². The van der Waals surface area contributed by atoms with Crippen LogP contribution in [-0.4, -0.2) is 42.0 Å². The molecule has 3 rings (SSSR count). The number of nitrogens with one attached hydrogen (secondary N) is 2. The van der Waals surface area contributed by atoms with Crippen molar-refractivity contribution in [2.75, 3.05) is 24.4 Å². The maximum absolute atomic E-state index is 12.8. The monoisotopic (exact) mass is 415 g/mol. The second kappa shape index (κ2) is 9.57. The fourth-order valence-corrected chi connectivity index (χ4v) is 4.03. The molecule has 146 valence electrons. The SMILES string of the molecule is COc1ccccc1C(=O)N[C@H](CCSC)C(=O)Nc1nc2ccccc2s1. The zero-order chi connectivity index (χ0) is 19.9. The number of anilines is 1. The molecule has 3 aromatic rings. The first-order valence-corrected chi connectivity index (χ1v) is 10.9. The lowest BCUT2D eigenvalue weighted by Crippen LogP contribution is -2.44. The first-order valence-electron chi connectivity index (χ1n) is 8.71. The van der Waals surface area contributed by atoms with Crippen molar-refractivity contribution < 1.29 is 14.3 Å². The molecule has 2 N–H and O–H groups in total. The number of hydrogen-bond acceptors (Lipinski definition) is 6. The summed E-state index contributed by atoms with van der Waals surface area (Å²) in [6, 6.07) is 14.0. The lowest BCUT2D eigenvalue weighted by molar-refractivity contribution is -0.118. The number of thioether (sulfide) groups is 1. The molecule has 1 heterocycles. The Labute approximate surface area is 171 Å². The van der Waals surface area contributed by atoms with Gasteiger partial charge in [0, 0.05) is 0 Å². The van der Waals surface area contributed by atoms with Crippen LogP contribution in [0.15, 0.2) is 48.5 Å². The van der Waals surface area contributed by atoms with Crippen molar-refractivity contribution >= 4 is 50.3 Å². The highest BCUT2D eigenvalue weighted by Crippen LogP contribution is 2.25. The highest BCUT2D eigenvalue weighted by molar-refractivity contribution is 7.98. The molecule has 6 nitrogen and oxygen atoms in total. The van der Waals surface area contributed by atoms with Crippen LogP contribution >= 0.6 is 23.1 Å². The van der Waals surface area contributed by atoms with Gasteiger partial charge in [-0.25, -0.2) is 4.98 Å². The summed E-state index contributed by atoms with van der Waals surface area (Å²) >= 11 is 3.03. The average Bonchev–Trinajstić information content (AvgIpc) is 3.13. The third kappa shape index (κ3) is 4.82.